The van der Waals surface area contributed by atoms with Gasteiger partial charge in [0.2, 0.25) is 5.89 Å². The number of nitrogens with zero attached hydrogens (tertiary/aromatic N) is 1. The number of hydrogen-bond acceptors (Lipinski definition) is 7. The first kappa shape index (κ1) is 29.3. The van der Waals surface area contributed by atoms with Crippen LogP contribution in [0.3, 0.4) is 0 Å². The van der Waals surface area contributed by atoms with Gasteiger partial charge in [-0.1, -0.05) is 60.7 Å². The molecule has 43 heavy (non-hydrogen) atoms. The molecule has 1 heterocycles. The molecule has 0 amide bonds. The number of aromatic nitrogens is 1. The van der Waals surface area contributed by atoms with E-state index in [4.69, 9.17) is 14.9 Å². The maximum absolute atomic E-state index is 13.3. The summed E-state index contributed by atoms with van der Waals surface area (Å²) in [4.78, 5) is 30.1. The van der Waals surface area contributed by atoms with Gasteiger partial charge in [-0.2, -0.15) is 0 Å². The molecule has 4 N–H and O–H groups in total. The van der Waals surface area contributed by atoms with Crippen LogP contribution < -0.4 is 15.8 Å². The zero-order valence-electron chi connectivity index (χ0n) is 23.8. The number of benzene rings is 4. The molecular formula is C35H33N3O5. The smallest absolute Gasteiger partial charge is 0.326 e. The molecule has 0 aliphatic rings. The van der Waals surface area contributed by atoms with Crippen LogP contribution in [0.2, 0.25) is 0 Å². The van der Waals surface area contributed by atoms with Gasteiger partial charge >= 0.3 is 5.97 Å². The topological polar surface area (TPSA) is 128 Å². The molecule has 0 aliphatic heterocycles. The number of carbonyl (C=O) groups excluding carboxylic acids is 1. The van der Waals surface area contributed by atoms with E-state index in [1.807, 2.05) is 67.6 Å². The number of ether oxygens (including phenoxy) is 1. The molecule has 1 atom stereocenters. The van der Waals surface area contributed by atoms with Crippen LogP contribution in [-0.2, 0) is 24.2 Å². The Bertz CT molecular complexity index is 1700. The van der Waals surface area contributed by atoms with E-state index in [2.05, 4.69) is 10.3 Å². The summed E-state index contributed by atoms with van der Waals surface area (Å²) in [5, 5.41) is 13.1. The fourth-order valence-electron chi connectivity index (χ4n) is 4.78. The fraction of sp³-hybridized carbons (Fsp3) is 0.171. The molecule has 218 valence electrons. The van der Waals surface area contributed by atoms with Crippen LogP contribution in [-0.4, -0.2) is 34.5 Å². The first-order chi connectivity index (χ1) is 20.9. The molecule has 0 fully saturated rings. The molecule has 5 aromatic rings. The number of oxazole rings is 1. The van der Waals surface area contributed by atoms with E-state index in [1.165, 1.54) is 0 Å². The van der Waals surface area contributed by atoms with Crippen LogP contribution in [0, 0.1) is 6.92 Å². The zero-order chi connectivity index (χ0) is 30.2. The number of carboxylic acid groups (broad SMARTS) is 1. The average Bonchev–Trinajstić information content (AvgIpc) is 3.41. The monoisotopic (exact) mass is 575 g/mol. The minimum atomic E-state index is -1.02. The van der Waals surface area contributed by atoms with E-state index in [0.29, 0.717) is 48.0 Å². The molecule has 0 saturated heterocycles. The van der Waals surface area contributed by atoms with Crippen molar-refractivity contribution in [2.75, 3.05) is 11.9 Å². The highest BCUT2D eigenvalue weighted by Gasteiger charge is 2.21. The number of anilines is 1. The Morgan fingerprint density at radius 3 is 2.42 bits per heavy atom. The van der Waals surface area contributed by atoms with Crippen LogP contribution in [0.15, 0.2) is 108 Å². The van der Waals surface area contributed by atoms with Gasteiger partial charge in [-0.25, -0.2) is 9.78 Å². The van der Waals surface area contributed by atoms with Crippen LogP contribution in [0.1, 0.15) is 38.5 Å². The number of para-hydroxylation sites is 1. The van der Waals surface area contributed by atoms with E-state index in [0.717, 1.165) is 28.1 Å². The SMILES string of the molecule is Cc1oc(-c2ccccc2)nc1CCOc1ccc(CC(Nc2ccccc2C(=O)c2cccc(CN)c2)C(=O)O)cc1. The molecule has 1 unspecified atom stereocenters. The van der Waals surface area contributed by atoms with Gasteiger partial charge in [0.15, 0.2) is 5.78 Å². The van der Waals surface area contributed by atoms with E-state index in [-0.39, 0.29) is 12.2 Å². The number of carbonyl (C=O) groups is 2. The van der Waals surface area contributed by atoms with Crippen molar-refractivity contribution in [3.63, 3.8) is 0 Å². The number of nitrogens with one attached hydrogen (secondary N) is 1. The van der Waals surface area contributed by atoms with E-state index in [9.17, 15) is 14.7 Å². The summed E-state index contributed by atoms with van der Waals surface area (Å²) in [5.41, 5.74) is 10.5. The maximum Gasteiger partial charge on any atom is 0.326 e. The lowest BCUT2D eigenvalue weighted by atomic mass is 9.99. The van der Waals surface area contributed by atoms with Gasteiger partial charge in [-0.05, 0) is 60.5 Å². The van der Waals surface area contributed by atoms with Gasteiger partial charge in [0.05, 0.1) is 12.3 Å². The molecule has 0 aliphatic carbocycles. The standard InChI is InChI=1S/C35H33N3O5/c1-23-30(38-34(43-23)26-9-3-2-4-10-26)18-19-42-28-16-14-24(15-17-28)21-32(35(40)41)37-31-13-6-5-12-29(31)33(39)27-11-7-8-25(20-27)22-36/h2-17,20,32,37H,18-19,21-22,36H2,1H3,(H,40,41). The molecule has 1 aromatic heterocycles. The highest BCUT2D eigenvalue weighted by molar-refractivity contribution is 6.12. The van der Waals surface area contributed by atoms with Crippen molar-refractivity contribution in [2.24, 2.45) is 5.73 Å². The summed E-state index contributed by atoms with van der Waals surface area (Å²) in [5.74, 6) is 0.791. The summed E-state index contributed by atoms with van der Waals surface area (Å²) in [6, 6.07) is 30.2. The average molecular weight is 576 g/mol. The van der Waals surface area contributed by atoms with E-state index < -0.39 is 12.0 Å². The largest absolute Gasteiger partial charge is 0.493 e. The van der Waals surface area contributed by atoms with Crippen molar-refractivity contribution < 1.29 is 23.8 Å². The van der Waals surface area contributed by atoms with Crippen molar-refractivity contribution in [3.05, 3.63) is 137 Å². The second-order valence-electron chi connectivity index (χ2n) is 10.1. The number of rotatable bonds is 13. The van der Waals surface area contributed by atoms with E-state index in [1.54, 1.807) is 42.5 Å². The molecule has 0 spiro atoms. The van der Waals surface area contributed by atoms with Crippen molar-refractivity contribution >= 4 is 17.4 Å². The Morgan fingerprint density at radius 2 is 1.67 bits per heavy atom. The maximum atomic E-state index is 13.3. The summed E-state index contributed by atoms with van der Waals surface area (Å²) >= 11 is 0. The number of carboxylic acids is 1. The van der Waals surface area contributed by atoms with Crippen molar-refractivity contribution in [3.8, 4) is 17.2 Å². The first-order valence-corrected chi connectivity index (χ1v) is 14.1. The first-order valence-electron chi connectivity index (χ1n) is 14.1. The Balaban J connectivity index is 1.20. The van der Waals surface area contributed by atoms with Crippen molar-refractivity contribution in [1.29, 1.82) is 0 Å². The van der Waals surface area contributed by atoms with Gasteiger partial charge in [0.25, 0.3) is 0 Å². The van der Waals surface area contributed by atoms with Gasteiger partial charge in [-0.15, -0.1) is 0 Å². The quantitative estimate of drug-likeness (QED) is 0.144. The lowest BCUT2D eigenvalue weighted by Gasteiger charge is -2.18. The van der Waals surface area contributed by atoms with Crippen molar-refractivity contribution in [1.82, 2.24) is 4.98 Å². The van der Waals surface area contributed by atoms with Crippen LogP contribution in [0.25, 0.3) is 11.5 Å². The number of nitrogens with two attached hydrogens (primary N) is 1. The lowest BCUT2D eigenvalue weighted by Crippen LogP contribution is -2.32. The van der Waals surface area contributed by atoms with Crippen LogP contribution >= 0.6 is 0 Å². The molecule has 5 rings (SSSR count). The van der Waals surface area contributed by atoms with Crippen LogP contribution in [0.4, 0.5) is 5.69 Å². The second kappa shape index (κ2) is 13.6. The van der Waals surface area contributed by atoms with Gasteiger partial charge in [0, 0.05) is 41.8 Å². The third-order valence-corrected chi connectivity index (χ3v) is 7.11. The Hall–Kier alpha value is -5.21. The molecule has 0 bridgehead atoms. The Kier molecular flexibility index (Phi) is 9.29. The highest BCUT2D eigenvalue weighted by Crippen LogP contribution is 2.24. The number of aliphatic carboxylic acids is 1. The lowest BCUT2D eigenvalue weighted by molar-refractivity contribution is -0.137. The van der Waals surface area contributed by atoms with Gasteiger partial charge in [-0.3, -0.25) is 4.79 Å². The molecule has 0 saturated carbocycles. The second-order valence-corrected chi connectivity index (χ2v) is 10.1. The van der Waals surface area contributed by atoms with Gasteiger partial charge in [0.1, 0.15) is 17.6 Å². The molecule has 8 heteroatoms. The van der Waals surface area contributed by atoms with Crippen molar-refractivity contribution in [2.45, 2.75) is 32.4 Å². The molecular weight excluding hydrogens is 542 g/mol. The Labute approximate surface area is 250 Å². The highest BCUT2D eigenvalue weighted by atomic mass is 16.5. The van der Waals surface area contributed by atoms with Crippen LogP contribution in [0.5, 0.6) is 5.75 Å². The summed E-state index contributed by atoms with van der Waals surface area (Å²) in [6.45, 7) is 2.63. The molecule has 8 nitrogen and oxygen atoms in total. The minimum absolute atomic E-state index is 0.207. The fourth-order valence-corrected chi connectivity index (χ4v) is 4.78. The normalized spacial score (nSPS) is 11.6. The third kappa shape index (κ3) is 7.36. The zero-order valence-corrected chi connectivity index (χ0v) is 23.8. The third-order valence-electron chi connectivity index (χ3n) is 7.11. The predicted molar refractivity (Wildman–Crippen MR) is 165 cm³/mol. The summed E-state index contributed by atoms with van der Waals surface area (Å²) < 4.78 is 11.8. The summed E-state index contributed by atoms with van der Waals surface area (Å²) in [7, 11) is 0. The van der Waals surface area contributed by atoms with E-state index >= 15 is 0 Å². The minimum Gasteiger partial charge on any atom is -0.493 e. The number of aryl methyl sites for hydroxylation is 1. The number of ketones is 1. The molecule has 0 radical (unpaired) electrons. The Morgan fingerprint density at radius 1 is 0.930 bits per heavy atom. The predicted octanol–water partition coefficient (Wildman–Crippen LogP) is 6.07. The summed E-state index contributed by atoms with van der Waals surface area (Å²) in [6.07, 6.45) is 0.796. The molecule has 4 aromatic carbocycles. The van der Waals surface area contributed by atoms with Gasteiger partial charge < -0.3 is 25.3 Å². The number of hydrogen-bond donors (Lipinski definition) is 3.